The Kier molecular flexibility index (Phi) is 11.8. The van der Waals surface area contributed by atoms with Gasteiger partial charge >= 0.3 is 11.9 Å². The molecule has 59 heavy (non-hydrogen) atoms. The summed E-state index contributed by atoms with van der Waals surface area (Å²) < 4.78 is 10.8. The molecule has 4 aliphatic rings. The zero-order chi connectivity index (χ0) is 42.2. The Morgan fingerprint density at radius 1 is 0.678 bits per heavy atom. The van der Waals surface area contributed by atoms with Gasteiger partial charge in [-0.15, -0.1) is 0 Å². The van der Waals surface area contributed by atoms with Crippen molar-refractivity contribution in [1.82, 2.24) is 9.97 Å². The highest BCUT2D eigenvalue weighted by atomic mass is 16.6. The van der Waals surface area contributed by atoms with Crippen LogP contribution < -0.4 is 0 Å². The maximum Gasteiger partial charge on any atom is 0.338 e. The predicted octanol–water partition coefficient (Wildman–Crippen LogP) is 8.87. The van der Waals surface area contributed by atoms with Crippen LogP contribution in [0.2, 0.25) is 0 Å². The molecular weight excluding hydrogens is 739 g/mol. The third-order valence-corrected chi connectivity index (χ3v) is 13.8. The van der Waals surface area contributed by atoms with Crippen molar-refractivity contribution in [2.45, 2.75) is 84.7 Å². The summed E-state index contributed by atoms with van der Waals surface area (Å²) in [4.78, 5) is 33.8. The number of hydrogen-bond acceptors (Lipinski definition) is 9. The first-order valence-corrected chi connectivity index (χ1v) is 20.9. The lowest BCUT2D eigenvalue weighted by atomic mass is 9.60. The number of carbonyl (C=O) groups excluding carboxylic acids is 2. The van der Waals surface area contributed by atoms with E-state index in [2.05, 4.69) is 81.0 Å². The van der Waals surface area contributed by atoms with Crippen LogP contribution >= 0.6 is 0 Å². The van der Waals surface area contributed by atoms with Crippen LogP contribution in [0.3, 0.4) is 0 Å². The predicted molar refractivity (Wildman–Crippen MR) is 228 cm³/mol. The number of aromatic nitrogens is 2. The number of cyclic esters (lactones) is 2. The summed E-state index contributed by atoms with van der Waals surface area (Å²) in [6.07, 6.45) is 12.2. The third-order valence-electron chi connectivity index (χ3n) is 13.8. The van der Waals surface area contributed by atoms with Crippen molar-refractivity contribution < 1.29 is 29.3 Å². The molecule has 2 saturated carbocycles. The van der Waals surface area contributed by atoms with E-state index in [4.69, 9.17) is 14.7 Å². The molecule has 4 fully saturated rings. The minimum atomic E-state index is -1.40. The Bertz CT molecular complexity index is 2280. The summed E-state index contributed by atoms with van der Waals surface area (Å²) in [6.45, 7) is 14.4. The van der Waals surface area contributed by atoms with Crippen LogP contribution in [0.4, 0.5) is 0 Å². The minimum absolute atomic E-state index is 0.0222. The maximum absolute atomic E-state index is 12.3. The topological polar surface area (TPSA) is 143 Å². The summed E-state index contributed by atoms with van der Waals surface area (Å²) >= 11 is 0. The minimum Gasteiger partial charge on any atom is -0.460 e. The Morgan fingerprint density at radius 2 is 1.19 bits per heavy atom. The van der Waals surface area contributed by atoms with Gasteiger partial charge in [-0.1, -0.05) is 88.4 Å². The van der Waals surface area contributed by atoms with Gasteiger partial charge in [0.05, 0.1) is 23.0 Å². The molecule has 2 aromatic carbocycles. The molecule has 2 aliphatic carbocycles. The van der Waals surface area contributed by atoms with Gasteiger partial charge in [0, 0.05) is 35.4 Å². The molecule has 2 saturated heterocycles. The third kappa shape index (κ3) is 8.01. The van der Waals surface area contributed by atoms with Crippen molar-refractivity contribution in [2.24, 2.45) is 47.3 Å². The van der Waals surface area contributed by atoms with Gasteiger partial charge in [0.2, 0.25) is 0 Å². The number of aliphatic hydroxyl groups is 2. The number of esters is 2. The Hall–Kier alpha value is -5.43. The molecule has 2 aromatic heterocycles. The van der Waals surface area contributed by atoms with Crippen molar-refractivity contribution in [3.8, 4) is 28.3 Å². The Labute approximate surface area is 347 Å². The molecule has 9 nitrogen and oxygen atoms in total. The van der Waals surface area contributed by atoms with Crippen LogP contribution in [0.1, 0.15) is 76.9 Å². The number of benzene rings is 2. The van der Waals surface area contributed by atoms with E-state index < -0.39 is 23.1 Å². The van der Waals surface area contributed by atoms with E-state index in [1.807, 2.05) is 80.7 Å². The zero-order valence-electron chi connectivity index (χ0n) is 34.9. The highest BCUT2D eigenvalue weighted by Gasteiger charge is 2.62. The lowest BCUT2D eigenvalue weighted by Crippen LogP contribution is -2.52. The second-order valence-electron chi connectivity index (χ2n) is 17.5. The van der Waals surface area contributed by atoms with E-state index in [-0.39, 0.29) is 47.7 Å². The number of rotatable bonds is 6. The number of nitriles is 1. The second-order valence-corrected chi connectivity index (χ2v) is 17.5. The number of carbonyl (C=O) groups is 2. The fraction of sp³-hybridized carbons (Fsp3) is 0.420. The molecule has 0 unspecified atom stereocenters. The van der Waals surface area contributed by atoms with E-state index in [0.29, 0.717) is 30.2 Å². The van der Waals surface area contributed by atoms with Gasteiger partial charge in [-0.25, -0.2) is 9.59 Å². The van der Waals surface area contributed by atoms with Gasteiger partial charge in [-0.05, 0) is 122 Å². The van der Waals surface area contributed by atoms with Gasteiger partial charge in [0.1, 0.15) is 12.2 Å². The number of aryl methyl sites for hydroxylation is 1. The first-order valence-electron chi connectivity index (χ1n) is 20.9. The zero-order valence-corrected chi connectivity index (χ0v) is 34.9. The van der Waals surface area contributed by atoms with Gasteiger partial charge in [-0.3, -0.25) is 9.97 Å². The monoisotopic (exact) mass is 793 g/mol. The Balaban J connectivity index is 0.000000179. The lowest BCUT2D eigenvalue weighted by molar-refractivity contribution is -0.161. The molecule has 4 aromatic rings. The molecule has 2 N–H and O–H groups in total. The number of pyridine rings is 2. The summed E-state index contributed by atoms with van der Waals surface area (Å²) in [5.74, 6) is -0.230. The fourth-order valence-corrected chi connectivity index (χ4v) is 10.2. The van der Waals surface area contributed by atoms with Crippen LogP contribution in [0.15, 0.2) is 97.3 Å². The SMILES string of the molecule is C[C@H]1[C@H](/C=C/c2ccc(-c3cccc(C#N)c3)cn2)[C@@H]2[C@@H](C)OC(=O)[C@]2(O)C[C@@H]1C.Cc1ccccc1-c1ccc(/C=C/[C@H]2[C@H](C)[C@@H](C)C[C@@]3(O)C(=O)O[C@H](C)[C@@H]23)nc1. The number of ether oxygens (including phenoxy) is 2. The van der Waals surface area contributed by atoms with E-state index >= 15 is 0 Å². The average molecular weight is 794 g/mol. The molecule has 0 bridgehead atoms. The molecule has 8 rings (SSSR count). The summed E-state index contributed by atoms with van der Waals surface area (Å²) in [5, 5.41) is 31.2. The molecule has 4 heterocycles. The van der Waals surface area contributed by atoms with E-state index in [0.717, 1.165) is 28.1 Å². The summed E-state index contributed by atoms with van der Waals surface area (Å²) in [5.41, 5.74) is 4.92. The van der Waals surface area contributed by atoms with Crippen molar-refractivity contribution >= 4 is 24.1 Å². The molecule has 0 spiro atoms. The molecule has 306 valence electrons. The normalized spacial score (nSPS) is 33.7. The highest BCUT2D eigenvalue weighted by Crippen LogP contribution is 2.52. The first kappa shape index (κ1) is 41.7. The van der Waals surface area contributed by atoms with Gasteiger partial charge < -0.3 is 19.7 Å². The first-order chi connectivity index (χ1) is 28.1. The summed E-state index contributed by atoms with van der Waals surface area (Å²) in [6, 6.07) is 25.9. The van der Waals surface area contributed by atoms with Crippen LogP contribution in [-0.4, -0.2) is 55.5 Å². The van der Waals surface area contributed by atoms with E-state index in [9.17, 15) is 19.8 Å². The number of fused-ring (bicyclic) bond motifs is 2. The van der Waals surface area contributed by atoms with Crippen molar-refractivity contribution in [1.29, 1.82) is 5.26 Å². The lowest BCUT2D eigenvalue weighted by Gasteiger charge is -2.44. The second kappa shape index (κ2) is 16.7. The molecule has 0 amide bonds. The van der Waals surface area contributed by atoms with Crippen molar-refractivity contribution in [3.05, 3.63) is 120 Å². The van der Waals surface area contributed by atoms with Gasteiger partial charge in [0.25, 0.3) is 0 Å². The average Bonchev–Trinajstić information content (AvgIpc) is 3.59. The summed E-state index contributed by atoms with van der Waals surface area (Å²) in [7, 11) is 0. The van der Waals surface area contributed by atoms with Crippen LogP contribution in [0.5, 0.6) is 0 Å². The van der Waals surface area contributed by atoms with Crippen LogP contribution in [0.25, 0.3) is 34.4 Å². The standard InChI is InChI=1S/C25H26N2O3.C25H29NO3/c1-15-12-25(29)23(17(3)30-24(25)28)22(16(15)2)10-9-21-8-7-20(14-27-21)19-6-4-5-18(11-19)13-26;1-15-7-5-6-8-21(15)19-9-10-20(26-14-19)11-12-22-17(3)16(2)13-25(28)23(22)18(4)29-24(25)27/h4-11,14-17,22-23,29H,12H2,1-3H3;5-12,14,16-18,22-23,28H,13H2,1-4H3/b10-9+;12-11+/t15-,16+,17+,22-,23-,25-;16-,17+,18+,22-,23-,25-/m00/s1. The highest BCUT2D eigenvalue weighted by molar-refractivity contribution is 5.83. The molecular formula is C50H55N3O6. The van der Waals surface area contributed by atoms with Gasteiger partial charge in [0.15, 0.2) is 11.2 Å². The number of allylic oxidation sites excluding steroid dienone is 2. The van der Waals surface area contributed by atoms with E-state index in [1.54, 1.807) is 12.3 Å². The maximum atomic E-state index is 12.3. The fourth-order valence-electron chi connectivity index (χ4n) is 10.2. The molecule has 0 radical (unpaired) electrons. The van der Waals surface area contributed by atoms with Crippen LogP contribution in [0, 0.1) is 65.6 Å². The molecule has 2 aliphatic heterocycles. The van der Waals surface area contributed by atoms with Crippen LogP contribution in [-0.2, 0) is 19.1 Å². The Morgan fingerprint density at radius 3 is 1.66 bits per heavy atom. The smallest absolute Gasteiger partial charge is 0.338 e. The van der Waals surface area contributed by atoms with Crippen molar-refractivity contribution in [2.75, 3.05) is 0 Å². The van der Waals surface area contributed by atoms with Gasteiger partial charge in [-0.2, -0.15) is 5.26 Å². The number of hydrogen-bond donors (Lipinski definition) is 2. The van der Waals surface area contributed by atoms with E-state index in [1.165, 1.54) is 11.1 Å². The van der Waals surface area contributed by atoms with Crippen molar-refractivity contribution in [3.63, 3.8) is 0 Å². The quantitative estimate of drug-likeness (QED) is 0.183. The molecule has 9 heteroatoms. The molecule has 12 atom stereocenters. The largest absolute Gasteiger partial charge is 0.460 e. The number of nitrogens with zero attached hydrogens (tertiary/aromatic N) is 3.